The molecule has 0 atom stereocenters. The van der Waals surface area contributed by atoms with Crippen LogP contribution in [0, 0.1) is 5.82 Å². The number of aromatic nitrogens is 1. The maximum atomic E-state index is 13.2. The molecule has 1 aromatic heterocycles. The number of nitrogens with two attached hydrogens (primary N) is 1. The molecule has 6 nitrogen and oxygen atoms in total. The minimum atomic E-state index is -0.362. The summed E-state index contributed by atoms with van der Waals surface area (Å²) in [5, 5.41) is 3.03. The second-order valence-electron chi connectivity index (χ2n) is 6.58. The van der Waals surface area contributed by atoms with Crippen molar-refractivity contribution in [1.29, 1.82) is 0 Å². The molecule has 3 N–H and O–H groups in total. The molecule has 0 spiro atoms. The lowest BCUT2D eigenvalue weighted by atomic mass is 10.3. The summed E-state index contributed by atoms with van der Waals surface area (Å²) in [5.74, 6) is 1.49. The van der Waals surface area contributed by atoms with Crippen molar-refractivity contribution >= 4 is 11.6 Å². The van der Waals surface area contributed by atoms with Crippen LogP contribution in [0.15, 0.2) is 71.9 Å². The number of pyridine rings is 1. The number of nitrogens with zero attached hydrogens (tertiary/aromatic N) is 2. The van der Waals surface area contributed by atoms with Gasteiger partial charge in [-0.1, -0.05) is 12.1 Å². The molecule has 3 rings (SSSR count). The molecule has 0 unspecified atom stereocenters. The van der Waals surface area contributed by atoms with E-state index in [2.05, 4.69) is 15.3 Å². The number of aliphatic imine (C=N–C) groups is 1. The highest BCUT2D eigenvalue weighted by molar-refractivity contribution is 5.92. The van der Waals surface area contributed by atoms with Crippen LogP contribution in [0.5, 0.6) is 17.4 Å². The summed E-state index contributed by atoms with van der Waals surface area (Å²) >= 11 is 0. The third-order valence-corrected chi connectivity index (χ3v) is 3.75. The van der Waals surface area contributed by atoms with Gasteiger partial charge in [0.25, 0.3) is 0 Å². The first kappa shape index (κ1) is 20.1. The number of anilines is 1. The van der Waals surface area contributed by atoms with Gasteiger partial charge in [0, 0.05) is 24.0 Å². The van der Waals surface area contributed by atoms with Gasteiger partial charge in [-0.05, 0) is 55.8 Å². The largest absolute Gasteiger partial charge is 0.491 e. The van der Waals surface area contributed by atoms with Crippen molar-refractivity contribution in [3.63, 3.8) is 0 Å². The first-order chi connectivity index (χ1) is 14.0. The van der Waals surface area contributed by atoms with Crippen molar-refractivity contribution in [2.45, 2.75) is 26.5 Å². The molecule has 0 saturated heterocycles. The average Bonchev–Trinajstić information content (AvgIpc) is 2.69. The Kier molecular flexibility index (Phi) is 6.63. The van der Waals surface area contributed by atoms with Gasteiger partial charge in [-0.15, -0.1) is 0 Å². The molecule has 3 aromatic rings. The van der Waals surface area contributed by atoms with Crippen LogP contribution in [0.2, 0.25) is 0 Å². The van der Waals surface area contributed by atoms with Gasteiger partial charge in [-0.2, -0.15) is 0 Å². The van der Waals surface area contributed by atoms with Crippen LogP contribution in [0.4, 0.5) is 10.1 Å². The number of rotatable bonds is 7. The van der Waals surface area contributed by atoms with E-state index in [1.165, 1.54) is 12.1 Å². The van der Waals surface area contributed by atoms with Gasteiger partial charge in [0.2, 0.25) is 5.88 Å². The maximum absolute atomic E-state index is 13.2. The molecule has 2 aromatic carbocycles. The summed E-state index contributed by atoms with van der Waals surface area (Å²) in [6, 6.07) is 16.9. The van der Waals surface area contributed by atoms with Crippen molar-refractivity contribution in [3.05, 3.63) is 78.2 Å². The van der Waals surface area contributed by atoms with Crippen molar-refractivity contribution in [2.24, 2.45) is 10.7 Å². The lowest BCUT2D eigenvalue weighted by molar-refractivity contribution is 0.242. The molecule has 1 heterocycles. The number of benzene rings is 2. The van der Waals surface area contributed by atoms with Crippen molar-refractivity contribution in [1.82, 2.24) is 4.98 Å². The van der Waals surface area contributed by atoms with Gasteiger partial charge in [-0.25, -0.2) is 14.4 Å². The normalized spacial score (nSPS) is 11.4. The Morgan fingerprint density at radius 1 is 1.10 bits per heavy atom. The van der Waals surface area contributed by atoms with E-state index in [4.69, 9.17) is 15.2 Å². The Morgan fingerprint density at radius 3 is 2.55 bits per heavy atom. The fraction of sp³-hybridized carbons (Fsp3) is 0.182. The fourth-order valence-electron chi connectivity index (χ4n) is 2.47. The SMILES string of the molecule is CC(C)Oc1ccc(NC(N)=NCc2ccc(Oc3cccc(F)c3)nc2)cc1. The van der Waals surface area contributed by atoms with Gasteiger partial charge in [0.05, 0.1) is 12.6 Å². The molecule has 7 heteroatoms. The van der Waals surface area contributed by atoms with E-state index in [0.29, 0.717) is 24.1 Å². The minimum Gasteiger partial charge on any atom is -0.491 e. The average molecular weight is 394 g/mol. The first-order valence-corrected chi connectivity index (χ1v) is 9.20. The van der Waals surface area contributed by atoms with Gasteiger partial charge in [0.1, 0.15) is 17.3 Å². The second kappa shape index (κ2) is 9.54. The van der Waals surface area contributed by atoms with Crippen molar-refractivity contribution in [2.75, 3.05) is 5.32 Å². The summed E-state index contributed by atoms with van der Waals surface area (Å²) in [5.41, 5.74) is 7.63. The zero-order valence-electron chi connectivity index (χ0n) is 16.3. The van der Waals surface area contributed by atoms with Crippen molar-refractivity contribution in [3.8, 4) is 17.4 Å². The monoisotopic (exact) mass is 394 g/mol. The summed E-state index contributed by atoms with van der Waals surface area (Å²) in [7, 11) is 0. The number of hydrogen-bond donors (Lipinski definition) is 2. The Morgan fingerprint density at radius 2 is 1.90 bits per heavy atom. The molecule has 0 bridgehead atoms. The van der Waals surface area contributed by atoms with E-state index in [-0.39, 0.29) is 11.9 Å². The van der Waals surface area contributed by atoms with Crippen molar-refractivity contribution < 1.29 is 13.9 Å². The van der Waals surface area contributed by atoms with Crippen LogP contribution in [0.3, 0.4) is 0 Å². The van der Waals surface area contributed by atoms with Gasteiger partial charge < -0.3 is 20.5 Å². The molecule has 0 radical (unpaired) electrons. The van der Waals surface area contributed by atoms with Gasteiger partial charge in [0.15, 0.2) is 5.96 Å². The topological polar surface area (TPSA) is 81.8 Å². The smallest absolute Gasteiger partial charge is 0.219 e. The van der Waals surface area contributed by atoms with E-state index in [0.717, 1.165) is 17.0 Å². The predicted octanol–water partition coefficient (Wildman–Crippen LogP) is 4.73. The number of ether oxygens (including phenoxy) is 2. The third-order valence-electron chi connectivity index (χ3n) is 3.75. The fourth-order valence-corrected chi connectivity index (χ4v) is 2.47. The molecule has 0 aliphatic carbocycles. The Hall–Kier alpha value is -3.61. The van der Waals surface area contributed by atoms with Gasteiger partial charge in [-0.3, -0.25) is 0 Å². The predicted molar refractivity (Wildman–Crippen MR) is 112 cm³/mol. The Labute approximate surface area is 169 Å². The van der Waals surface area contributed by atoms with Crippen LogP contribution in [0.25, 0.3) is 0 Å². The summed E-state index contributed by atoms with van der Waals surface area (Å²) in [6.45, 7) is 4.32. The van der Waals surface area contributed by atoms with E-state index in [1.807, 2.05) is 44.2 Å². The van der Waals surface area contributed by atoms with Crippen LogP contribution in [0.1, 0.15) is 19.4 Å². The lowest BCUT2D eigenvalue weighted by Crippen LogP contribution is -2.22. The van der Waals surface area contributed by atoms with Crippen LogP contribution in [-0.2, 0) is 6.54 Å². The number of nitrogens with one attached hydrogen (secondary N) is 1. The van der Waals surface area contributed by atoms with E-state index in [1.54, 1.807) is 24.4 Å². The zero-order valence-corrected chi connectivity index (χ0v) is 16.3. The molecule has 0 amide bonds. The van der Waals surface area contributed by atoms with E-state index >= 15 is 0 Å². The van der Waals surface area contributed by atoms with Gasteiger partial charge >= 0.3 is 0 Å². The molecule has 0 aliphatic heterocycles. The van der Waals surface area contributed by atoms with Crippen LogP contribution >= 0.6 is 0 Å². The first-order valence-electron chi connectivity index (χ1n) is 9.20. The highest BCUT2D eigenvalue weighted by Gasteiger charge is 2.02. The summed E-state index contributed by atoms with van der Waals surface area (Å²) in [4.78, 5) is 8.52. The Bertz CT molecular complexity index is 957. The number of halogens is 1. The molecule has 150 valence electrons. The van der Waals surface area contributed by atoms with Crippen LogP contribution in [-0.4, -0.2) is 17.0 Å². The standard InChI is InChI=1S/C22H23FN4O2/c1-15(2)28-19-9-7-18(8-10-19)27-22(24)26-14-16-6-11-21(25-13-16)29-20-5-3-4-17(23)12-20/h3-13,15H,14H2,1-2H3,(H3,24,26,27). The molecule has 0 aliphatic rings. The number of guanidine groups is 1. The zero-order chi connectivity index (χ0) is 20.6. The van der Waals surface area contributed by atoms with E-state index in [9.17, 15) is 4.39 Å². The summed E-state index contributed by atoms with van der Waals surface area (Å²) < 4.78 is 24.3. The van der Waals surface area contributed by atoms with E-state index < -0.39 is 0 Å². The number of hydrogen-bond acceptors (Lipinski definition) is 4. The van der Waals surface area contributed by atoms with Crippen LogP contribution < -0.4 is 20.5 Å². The lowest BCUT2D eigenvalue weighted by Gasteiger charge is -2.11. The second-order valence-corrected chi connectivity index (χ2v) is 6.58. The summed E-state index contributed by atoms with van der Waals surface area (Å²) in [6.07, 6.45) is 1.77. The highest BCUT2D eigenvalue weighted by atomic mass is 19.1. The maximum Gasteiger partial charge on any atom is 0.219 e. The quantitative estimate of drug-likeness (QED) is 0.447. The Balaban J connectivity index is 1.53. The molecule has 0 fully saturated rings. The molecular formula is C22H23FN4O2. The molecule has 0 saturated carbocycles. The molecular weight excluding hydrogens is 371 g/mol. The molecule has 29 heavy (non-hydrogen) atoms. The highest BCUT2D eigenvalue weighted by Crippen LogP contribution is 2.20. The third kappa shape index (κ3) is 6.49. The minimum absolute atomic E-state index is 0.125.